The van der Waals surface area contributed by atoms with Crippen LogP contribution in [0.25, 0.3) is 0 Å². The van der Waals surface area contributed by atoms with Crippen LogP contribution >= 0.6 is 24.0 Å². The van der Waals surface area contributed by atoms with E-state index in [1.54, 1.807) is 7.05 Å². The molecule has 1 aliphatic carbocycles. The van der Waals surface area contributed by atoms with E-state index in [1.807, 2.05) is 55.5 Å². The maximum atomic E-state index is 12.1. The van der Waals surface area contributed by atoms with E-state index in [2.05, 4.69) is 20.9 Å². The Balaban J connectivity index is 0.00000320. The van der Waals surface area contributed by atoms with Crippen LogP contribution in [0, 0.1) is 5.92 Å². The number of ether oxygens (including phenoxy) is 1. The van der Waals surface area contributed by atoms with E-state index in [0.717, 1.165) is 41.8 Å². The lowest BCUT2D eigenvalue weighted by molar-refractivity contribution is -0.122. The minimum absolute atomic E-state index is 0. The van der Waals surface area contributed by atoms with E-state index in [4.69, 9.17) is 4.74 Å². The van der Waals surface area contributed by atoms with Gasteiger partial charge in [-0.2, -0.15) is 0 Å². The van der Waals surface area contributed by atoms with Gasteiger partial charge in [-0.25, -0.2) is 0 Å². The summed E-state index contributed by atoms with van der Waals surface area (Å²) in [6.07, 6.45) is 3.16. The molecule has 30 heavy (non-hydrogen) atoms. The third-order valence-corrected chi connectivity index (χ3v) is 5.07. The van der Waals surface area contributed by atoms with Crippen molar-refractivity contribution in [1.29, 1.82) is 0 Å². The molecular weight excluding hydrogens is 491 g/mol. The minimum atomic E-state index is 0. The molecule has 0 radical (unpaired) electrons. The number of amides is 1. The molecule has 0 atom stereocenters. The molecule has 0 aromatic heterocycles. The molecule has 1 amide bonds. The van der Waals surface area contributed by atoms with Crippen molar-refractivity contribution in [3.63, 3.8) is 0 Å². The van der Waals surface area contributed by atoms with Gasteiger partial charge in [0.05, 0.1) is 6.61 Å². The van der Waals surface area contributed by atoms with E-state index in [1.165, 1.54) is 0 Å². The zero-order chi connectivity index (χ0) is 20.5. The smallest absolute Gasteiger partial charge is 0.227 e. The number of anilines is 1. The van der Waals surface area contributed by atoms with Crippen LogP contribution in [-0.2, 0) is 17.9 Å². The Morgan fingerprint density at radius 1 is 1.10 bits per heavy atom. The summed E-state index contributed by atoms with van der Waals surface area (Å²) < 4.78 is 5.67. The number of nitrogens with one attached hydrogen (secondary N) is 3. The standard InChI is InChI=1S/C23H30N4O2.HI/c1-3-29-21-13-5-4-9-19(21)16-26-23(24-2)25-15-17-8-6-12-20(14-17)27-22(28)18-10-7-11-18;/h4-6,8-9,12-14,18H,3,7,10-11,15-16H2,1-2H3,(H,27,28)(H2,24,25,26);1H. The van der Waals surface area contributed by atoms with Crippen LogP contribution in [0.4, 0.5) is 5.69 Å². The van der Waals surface area contributed by atoms with E-state index < -0.39 is 0 Å². The van der Waals surface area contributed by atoms with Crippen LogP contribution in [0.15, 0.2) is 53.5 Å². The Morgan fingerprint density at radius 2 is 1.87 bits per heavy atom. The van der Waals surface area contributed by atoms with Gasteiger partial charge in [-0.3, -0.25) is 9.79 Å². The fraction of sp³-hybridized carbons (Fsp3) is 0.391. The first kappa shape index (κ1) is 24.0. The molecule has 1 aliphatic rings. The molecule has 0 unspecified atom stereocenters. The molecule has 3 rings (SSSR count). The number of carbonyl (C=O) groups is 1. The van der Waals surface area contributed by atoms with Crippen LogP contribution in [0.3, 0.4) is 0 Å². The summed E-state index contributed by atoms with van der Waals surface area (Å²) >= 11 is 0. The summed E-state index contributed by atoms with van der Waals surface area (Å²) in [6, 6.07) is 15.9. The SMILES string of the molecule is CCOc1ccccc1CNC(=NC)NCc1cccc(NC(=O)C2CCC2)c1.I. The van der Waals surface area contributed by atoms with Crippen LogP contribution in [0.2, 0.25) is 0 Å². The Bertz CT molecular complexity index is 853. The van der Waals surface area contributed by atoms with E-state index in [-0.39, 0.29) is 35.8 Å². The van der Waals surface area contributed by atoms with Gasteiger partial charge in [0.15, 0.2) is 5.96 Å². The minimum Gasteiger partial charge on any atom is -0.494 e. The molecule has 2 aromatic carbocycles. The van der Waals surface area contributed by atoms with Crippen LogP contribution < -0.4 is 20.7 Å². The topological polar surface area (TPSA) is 74.8 Å². The molecule has 0 heterocycles. The van der Waals surface area contributed by atoms with Crippen molar-refractivity contribution in [2.75, 3.05) is 19.0 Å². The van der Waals surface area contributed by atoms with Gasteiger partial charge in [-0.05, 0) is 43.5 Å². The lowest BCUT2D eigenvalue weighted by atomic mass is 9.85. The van der Waals surface area contributed by atoms with Crippen molar-refractivity contribution in [2.45, 2.75) is 39.3 Å². The average Bonchev–Trinajstić information content (AvgIpc) is 2.68. The number of nitrogens with zero attached hydrogens (tertiary/aromatic N) is 1. The van der Waals surface area contributed by atoms with Crippen molar-refractivity contribution >= 4 is 41.5 Å². The number of hydrogen-bond acceptors (Lipinski definition) is 3. The summed E-state index contributed by atoms with van der Waals surface area (Å²) in [7, 11) is 1.75. The number of halogens is 1. The Labute approximate surface area is 195 Å². The highest BCUT2D eigenvalue weighted by atomic mass is 127. The van der Waals surface area contributed by atoms with Crippen LogP contribution in [0.1, 0.15) is 37.3 Å². The lowest BCUT2D eigenvalue weighted by Crippen LogP contribution is -2.36. The second-order valence-electron chi connectivity index (χ2n) is 7.14. The van der Waals surface area contributed by atoms with Crippen molar-refractivity contribution in [3.05, 3.63) is 59.7 Å². The maximum absolute atomic E-state index is 12.1. The predicted octanol–water partition coefficient (Wildman–Crippen LogP) is 4.31. The van der Waals surface area contributed by atoms with Crippen LogP contribution in [-0.4, -0.2) is 25.5 Å². The van der Waals surface area contributed by atoms with E-state index >= 15 is 0 Å². The molecule has 0 spiro atoms. The lowest BCUT2D eigenvalue weighted by Gasteiger charge is -2.24. The first-order chi connectivity index (χ1) is 14.2. The second-order valence-corrected chi connectivity index (χ2v) is 7.14. The quantitative estimate of drug-likeness (QED) is 0.275. The van der Waals surface area contributed by atoms with Crippen molar-refractivity contribution in [1.82, 2.24) is 10.6 Å². The van der Waals surface area contributed by atoms with Gasteiger partial charge < -0.3 is 20.7 Å². The van der Waals surface area contributed by atoms with Gasteiger partial charge >= 0.3 is 0 Å². The fourth-order valence-electron chi connectivity index (χ4n) is 3.21. The predicted molar refractivity (Wildman–Crippen MR) is 132 cm³/mol. The number of guanidine groups is 1. The normalized spacial score (nSPS) is 13.6. The second kappa shape index (κ2) is 12.4. The van der Waals surface area contributed by atoms with Gasteiger partial charge in [-0.15, -0.1) is 24.0 Å². The van der Waals surface area contributed by atoms with E-state index in [0.29, 0.717) is 25.7 Å². The molecule has 0 bridgehead atoms. The molecule has 2 aromatic rings. The molecule has 6 nitrogen and oxygen atoms in total. The third-order valence-electron chi connectivity index (χ3n) is 5.07. The summed E-state index contributed by atoms with van der Waals surface area (Å²) in [5.74, 6) is 1.90. The molecule has 3 N–H and O–H groups in total. The fourth-order valence-corrected chi connectivity index (χ4v) is 3.21. The molecule has 162 valence electrons. The average molecular weight is 522 g/mol. The molecule has 0 aliphatic heterocycles. The Hall–Kier alpha value is -2.29. The maximum Gasteiger partial charge on any atom is 0.227 e. The monoisotopic (exact) mass is 522 g/mol. The number of carbonyl (C=O) groups excluding carboxylic acids is 1. The number of hydrogen-bond donors (Lipinski definition) is 3. The molecule has 1 fully saturated rings. The first-order valence-corrected chi connectivity index (χ1v) is 10.2. The van der Waals surface area contributed by atoms with Crippen molar-refractivity contribution in [3.8, 4) is 5.75 Å². The third kappa shape index (κ3) is 6.90. The van der Waals surface area contributed by atoms with Gasteiger partial charge in [0.2, 0.25) is 5.91 Å². The van der Waals surface area contributed by atoms with E-state index in [9.17, 15) is 4.79 Å². The van der Waals surface area contributed by atoms with Crippen molar-refractivity contribution in [2.24, 2.45) is 10.9 Å². The zero-order valence-electron chi connectivity index (χ0n) is 17.6. The molecule has 1 saturated carbocycles. The first-order valence-electron chi connectivity index (χ1n) is 10.2. The van der Waals surface area contributed by atoms with Crippen molar-refractivity contribution < 1.29 is 9.53 Å². The largest absolute Gasteiger partial charge is 0.494 e. The summed E-state index contributed by atoms with van der Waals surface area (Å²) in [5, 5.41) is 9.66. The highest BCUT2D eigenvalue weighted by molar-refractivity contribution is 14.0. The molecular formula is C23H31IN4O2. The molecule has 0 saturated heterocycles. The Morgan fingerprint density at radius 3 is 2.57 bits per heavy atom. The summed E-state index contributed by atoms with van der Waals surface area (Å²) in [4.78, 5) is 16.4. The van der Waals surface area contributed by atoms with Gasteiger partial charge in [-0.1, -0.05) is 36.8 Å². The van der Waals surface area contributed by atoms with Gasteiger partial charge in [0.1, 0.15) is 5.75 Å². The zero-order valence-corrected chi connectivity index (χ0v) is 19.9. The van der Waals surface area contributed by atoms with Gasteiger partial charge in [0.25, 0.3) is 0 Å². The Kier molecular flexibility index (Phi) is 9.93. The number of benzene rings is 2. The number of aliphatic imine (C=N–C) groups is 1. The highest BCUT2D eigenvalue weighted by Crippen LogP contribution is 2.27. The summed E-state index contributed by atoms with van der Waals surface area (Å²) in [5.41, 5.74) is 3.00. The highest BCUT2D eigenvalue weighted by Gasteiger charge is 2.25. The van der Waals surface area contributed by atoms with Gasteiger partial charge in [0, 0.05) is 37.3 Å². The van der Waals surface area contributed by atoms with Crippen LogP contribution in [0.5, 0.6) is 5.75 Å². The molecule has 7 heteroatoms. The number of rotatable bonds is 8. The number of para-hydroxylation sites is 1. The summed E-state index contributed by atoms with van der Waals surface area (Å²) in [6.45, 7) is 3.85.